The molecule has 0 saturated heterocycles. The van der Waals surface area contributed by atoms with E-state index in [4.69, 9.17) is 21.1 Å². The van der Waals surface area contributed by atoms with Crippen molar-refractivity contribution in [3.8, 4) is 11.5 Å². The normalized spacial score (nSPS) is 19.3. The van der Waals surface area contributed by atoms with Crippen molar-refractivity contribution in [1.82, 2.24) is 4.72 Å². The average Bonchev–Trinajstić information content (AvgIpc) is 2.60. The van der Waals surface area contributed by atoms with E-state index in [1.165, 1.54) is 6.07 Å². The van der Waals surface area contributed by atoms with Crippen molar-refractivity contribution in [1.29, 1.82) is 0 Å². The molecule has 1 aliphatic heterocycles. The minimum absolute atomic E-state index is 0.171. The highest BCUT2D eigenvalue weighted by atomic mass is 35.5. The summed E-state index contributed by atoms with van der Waals surface area (Å²) in [4.78, 5) is 0.171. The van der Waals surface area contributed by atoms with E-state index in [2.05, 4.69) is 4.72 Å². The largest absolute Gasteiger partial charge is 0.486 e. The third-order valence-corrected chi connectivity index (χ3v) is 6.23. The van der Waals surface area contributed by atoms with E-state index in [-0.39, 0.29) is 10.9 Å². The summed E-state index contributed by atoms with van der Waals surface area (Å²) in [6.07, 6.45) is 2.56. The number of nitrogens with one attached hydrogen (secondary N) is 1. The average molecular weight is 380 g/mol. The first kappa shape index (κ1) is 16.7. The molecular formula is C18H18ClNO4S. The molecule has 0 spiro atoms. The van der Waals surface area contributed by atoms with Gasteiger partial charge in [0.25, 0.3) is 0 Å². The van der Waals surface area contributed by atoms with Gasteiger partial charge in [0.05, 0.1) is 4.90 Å². The predicted molar refractivity (Wildman–Crippen MR) is 94.9 cm³/mol. The Hall–Kier alpha value is -1.76. The number of hydrogen-bond donors (Lipinski definition) is 1. The summed E-state index contributed by atoms with van der Waals surface area (Å²) in [5.41, 5.74) is 2.07. The molecule has 2 aromatic carbocycles. The quantitative estimate of drug-likeness (QED) is 0.886. The second kappa shape index (κ2) is 6.52. The minimum atomic E-state index is -3.65. The van der Waals surface area contributed by atoms with Gasteiger partial charge in [-0.3, -0.25) is 0 Å². The van der Waals surface area contributed by atoms with Gasteiger partial charge >= 0.3 is 0 Å². The molecule has 0 fully saturated rings. The zero-order valence-corrected chi connectivity index (χ0v) is 15.1. The Morgan fingerprint density at radius 2 is 1.84 bits per heavy atom. The first-order valence-corrected chi connectivity index (χ1v) is 10.1. The van der Waals surface area contributed by atoms with Crippen molar-refractivity contribution >= 4 is 21.6 Å². The highest BCUT2D eigenvalue weighted by molar-refractivity contribution is 7.89. The van der Waals surface area contributed by atoms with Gasteiger partial charge in [0.1, 0.15) is 13.2 Å². The first-order chi connectivity index (χ1) is 12.0. The smallest absolute Gasteiger partial charge is 0.241 e. The SMILES string of the molecule is O=S(=O)(NC1CCCc2cc3c(cc21)OCCO3)c1cccc(Cl)c1. The van der Waals surface area contributed by atoms with Gasteiger partial charge in [-0.15, -0.1) is 0 Å². The van der Waals surface area contributed by atoms with Crippen molar-refractivity contribution in [3.05, 3.63) is 52.5 Å². The molecule has 0 aromatic heterocycles. The maximum Gasteiger partial charge on any atom is 0.241 e. The molecule has 0 saturated carbocycles. The maximum atomic E-state index is 12.7. The van der Waals surface area contributed by atoms with Crippen molar-refractivity contribution in [2.75, 3.05) is 13.2 Å². The number of sulfonamides is 1. The van der Waals surface area contributed by atoms with Crippen LogP contribution in [0.3, 0.4) is 0 Å². The lowest BCUT2D eigenvalue weighted by Gasteiger charge is -2.29. The molecule has 0 amide bonds. The molecule has 1 unspecified atom stereocenters. The van der Waals surface area contributed by atoms with Crippen LogP contribution in [0.25, 0.3) is 0 Å². The summed E-state index contributed by atoms with van der Waals surface area (Å²) in [5.74, 6) is 1.42. The van der Waals surface area contributed by atoms with Crippen LogP contribution in [0.5, 0.6) is 11.5 Å². The van der Waals surface area contributed by atoms with Crippen LogP contribution in [0.2, 0.25) is 5.02 Å². The molecule has 0 bridgehead atoms. The lowest BCUT2D eigenvalue weighted by atomic mass is 9.88. The van der Waals surface area contributed by atoms with Gasteiger partial charge in [-0.25, -0.2) is 13.1 Å². The Bertz CT molecular complexity index is 913. The van der Waals surface area contributed by atoms with Crippen LogP contribution in [-0.2, 0) is 16.4 Å². The summed E-state index contributed by atoms with van der Waals surface area (Å²) in [6, 6.07) is 9.88. The number of fused-ring (bicyclic) bond motifs is 2. The molecule has 1 N–H and O–H groups in total. The Kier molecular flexibility index (Phi) is 4.35. The van der Waals surface area contributed by atoms with Crippen LogP contribution >= 0.6 is 11.6 Å². The van der Waals surface area contributed by atoms with E-state index < -0.39 is 10.0 Å². The summed E-state index contributed by atoms with van der Waals surface area (Å²) >= 11 is 5.93. The molecule has 5 nitrogen and oxygen atoms in total. The van der Waals surface area contributed by atoms with Crippen molar-refractivity contribution in [2.45, 2.75) is 30.2 Å². The molecule has 25 heavy (non-hydrogen) atoms. The van der Waals surface area contributed by atoms with Gasteiger partial charge in [-0.1, -0.05) is 17.7 Å². The summed E-state index contributed by atoms with van der Waals surface area (Å²) in [7, 11) is -3.65. The number of ether oxygens (including phenoxy) is 2. The molecule has 2 aromatic rings. The van der Waals surface area contributed by atoms with Crippen molar-refractivity contribution in [3.63, 3.8) is 0 Å². The van der Waals surface area contributed by atoms with Crippen LogP contribution < -0.4 is 14.2 Å². The first-order valence-electron chi connectivity index (χ1n) is 8.23. The summed E-state index contributed by atoms with van der Waals surface area (Å²) < 4.78 is 39.5. The summed E-state index contributed by atoms with van der Waals surface area (Å²) in [5, 5.41) is 0.395. The van der Waals surface area contributed by atoms with Gasteiger partial charge < -0.3 is 9.47 Å². The van der Waals surface area contributed by atoms with E-state index in [1.807, 2.05) is 12.1 Å². The van der Waals surface area contributed by atoms with Gasteiger partial charge in [-0.05, 0) is 60.7 Å². The molecule has 1 heterocycles. The third-order valence-electron chi connectivity index (χ3n) is 4.52. The van der Waals surface area contributed by atoms with Crippen LogP contribution in [0.4, 0.5) is 0 Å². The predicted octanol–water partition coefficient (Wildman–Crippen LogP) is 3.47. The Morgan fingerprint density at radius 1 is 1.08 bits per heavy atom. The molecular weight excluding hydrogens is 362 g/mol. The maximum absolute atomic E-state index is 12.7. The standard InChI is InChI=1S/C18H18ClNO4S/c19-13-4-2-5-14(10-13)25(21,22)20-16-6-1-3-12-9-17-18(11-15(12)16)24-8-7-23-17/h2,4-5,9-11,16,20H,1,3,6-8H2. The fraction of sp³-hybridized carbons (Fsp3) is 0.333. The fourth-order valence-corrected chi connectivity index (χ4v) is 4.90. The molecule has 0 radical (unpaired) electrons. The van der Waals surface area contributed by atoms with Crippen LogP contribution in [0.15, 0.2) is 41.3 Å². The van der Waals surface area contributed by atoms with E-state index in [9.17, 15) is 8.42 Å². The molecule has 132 valence electrons. The van der Waals surface area contributed by atoms with Crippen LogP contribution in [0, 0.1) is 0 Å². The number of rotatable bonds is 3. The topological polar surface area (TPSA) is 64.6 Å². The highest BCUT2D eigenvalue weighted by Gasteiger charge is 2.28. The molecule has 2 aliphatic rings. The summed E-state index contributed by atoms with van der Waals surface area (Å²) in [6.45, 7) is 1.04. The zero-order valence-electron chi connectivity index (χ0n) is 13.5. The molecule has 4 rings (SSSR count). The van der Waals surface area contributed by atoms with Crippen LogP contribution in [-0.4, -0.2) is 21.6 Å². The lowest BCUT2D eigenvalue weighted by molar-refractivity contribution is 0.171. The van der Waals surface area contributed by atoms with Gasteiger partial charge in [-0.2, -0.15) is 0 Å². The van der Waals surface area contributed by atoms with E-state index in [1.54, 1.807) is 18.2 Å². The molecule has 1 aliphatic carbocycles. The van der Waals surface area contributed by atoms with Gasteiger partial charge in [0, 0.05) is 11.1 Å². The number of aryl methyl sites for hydroxylation is 1. The molecule has 7 heteroatoms. The van der Waals surface area contributed by atoms with Crippen molar-refractivity contribution < 1.29 is 17.9 Å². The van der Waals surface area contributed by atoms with E-state index in [0.29, 0.717) is 24.0 Å². The van der Waals surface area contributed by atoms with Crippen LogP contribution in [0.1, 0.15) is 30.0 Å². The van der Waals surface area contributed by atoms with E-state index >= 15 is 0 Å². The Balaban J connectivity index is 1.67. The second-order valence-electron chi connectivity index (χ2n) is 6.22. The number of benzene rings is 2. The number of hydrogen-bond acceptors (Lipinski definition) is 4. The fourth-order valence-electron chi connectivity index (χ4n) is 3.35. The number of halogens is 1. The molecule has 1 atom stereocenters. The third kappa shape index (κ3) is 3.34. The van der Waals surface area contributed by atoms with Gasteiger partial charge in [0.15, 0.2) is 11.5 Å². The van der Waals surface area contributed by atoms with Crippen molar-refractivity contribution in [2.24, 2.45) is 0 Å². The Morgan fingerprint density at radius 3 is 2.60 bits per heavy atom. The second-order valence-corrected chi connectivity index (χ2v) is 8.37. The Labute approximate surface area is 152 Å². The minimum Gasteiger partial charge on any atom is -0.486 e. The van der Waals surface area contributed by atoms with E-state index in [0.717, 1.165) is 36.1 Å². The zero-order chi connectivity index (χ0) is 17.4. The monoisotopic (exact) mass is 379 g/mol. The highest BCUT2D eigenvalue weighted by Crippen LogP contribution is 2.40. The lowest BCUT2D eigenvalue weighted by Crippen LogP contribution is -2.31. The van der Waals surface area contributed by atoms with Gasteiger partial charge in [0.2, 0.25) is 10.0 Å².